The van der Waals surface area contributed by atoms with E-state index in [0.29, 0.717) is 12.0 Å². The Balaban J connectivity index is 2.65. The molecule has 104 valence electrons. The Morgan fingerprint density at radius 2 is 2.05 bits per heavy atom. The minimum atomic E-state index is -0.491. The molecule has 0 spiro atoms. The van der Waals surface area contributed by atoms with Crippen LogP contribution in [0.4, 0.5) is 5.69 Å². The van der Waals surface area contributed by atoms with Crippen LogP contribution in [0, 0.1) is 10.1 Å². The molecule has 0 bridgehead atoms. The van der Waals surface area contributed by atoms with Crippen molar-refractivity contribution in [3.8, 4) is 5.69 Å². The van der Waals surface area contributed by atoms with Crippen molar-refractivity contribution in [3.05, 3.63) is 51.3 Å². The first-order valence-electron chi connectivity index (χ1n) is 6.42. The molecule has 0 N–H and O–H groups in total. The number of nitrogens with zero attached hydrogens (tertiary/aromatic N) is 3. The summed E-state index contributed by atoms with van der Waals surface area (Å²) < 4.78 is 1.59. The lowest BCUT2D eigenvalue weighted by atomic mass is 10.2. The van der Waals surface area contributed by atoms with E-state index < -0.39 is 4.92 Å². The Morgan fingerprint density at radius 1 is 1.30 bits per heavy atom. The van der Waals surface area contributed by atoms with Gasteiger partial charge in [0.2, 0.25) is 0 Å². The number of nitro benzene ring substituents is 1. The summed E-state index contributed by atoms with van der Waals surface area (Å²) in [7, 11) is 0. The number of nitro groups is 1. The van der Waals surface area contributed by atoms with Crippen molar-refractivity contribution in [3.63, 3.8) is 0 Å². The molecule has 0 aliphatic carbocycles. The topological polar surface area (TPSA) is 78.0 Å². The van der Waals surface area contributed by atoms with Crippen LogP contribution in [0.5, 0.6) is 0 Å². The molecular weight excluding hydrogens is 258 g/mol. The number of aromatic nitrogens is 2. The van der Waals surface area contributed by atoms with Gasteiger partial charge < -0.3 is 0 Å². The van der Waals surface area contributed by atoms with Gasteiger partial charge in [0.1, 0.15) is 12.0 Å². The van der Waals surface area contributed by atoms with Gasteiger partial charge in [-0.15, -0.1) is 0 Å². The number of hydrogen-bond donors (Lipinski definition) is 0. The molecular formula is C14H15N3O3. The summed E-state index contributed by atoms with van der Waals surface area (Å²) in [5, 5.41) is 15.6. The summed E-state index contributed by atoms with van der Waals surface area (Å²) in [6.07, 6.45) is 2.08. The maximum atomic E-state index is 11.2. The number of aryl methyl sites for hydroxylation is 2. The maximum Gasteiger partial charge on any atom is 0.295 e. The summed E-state index contributed by atoms with van der Waals surface area (Å²) in [5.74, 6) is 0. The van der Waals surface area contributed by atoms with Crippen LogP contribution in [-0.4, -0.2) is 21.0 Å². The fourth-order valence-electron chi connectivity index (χ4n) is 2.05. The summed E-state index contributed by atoms with van der Waals surface area (Å²) in [4.78, 5) is 21.5. The zero-order valence-corrected chi connectivity index (χ0v) is 11.4. The van der Waals surface area contributed by atoms with Crippen molar-refractivity contribution >= 4 is 12.0 Å². The minimum Gasteiger partial charge on any atom is -0.298 e. The molecule has 0 atom stereocenters. The fourth-order valence-corrected chi connectivity index (χ4v) is 2.05. The van der Waals surface area contributed by atoms with E-state index in [-0.39, 0.29) is 11.3 Å². The first-order chi connectivity index (χ1) is 9.60. The van der Waals surface area contributed by atoms with Gasteiger partial charge in [0.15, 0.2) is 0 Å². The second-order valence-electron chi connectivity index (χ2n) is 4.37. The van der Waals surface area contributed by atoms with E-state index in [9.17, 15) is 14.9 Å². The number of benzene rings is 1. The van der Waals surface area contributed by atoms with Crippen molar-refractivity contribution in [1.29, 1.82) is 0 Å². The minimum absolute atomic E-state index is 0.116. The van der Waals surface area contributed by atoms with Crippen molar-refractivity contribution in [2.45, 2.75) is 26.7 Å². The summed E-state index contributed by atoms with van der Waals surface area (Å²) in [6, 6.07) is 6.34. The zero-order valence-electron chi connectivity index (χ0n) is 11.4. The Morgan fingerprint density at radius 3 is 2.60 bits per heavy atom. The van der Waals surface area contributed by atoms with Crippen LogP contribution in [-0.2, 0) is 12.8 Å². The lowest BCUT2D eigenvalue weighted by Crippen LogP contribution is -2.06. The van der Waals surface area contributed by atoms with Crippen molar-refractivity contribution < 1.29 is 9.72 Å². The van der Waals surface area contributed by atoms with Crippen molar-refractivity contribution in [2.24, 2.45) is 0 Å². The van der Waals surface area contributed by atoms with Gasteiger partial charge in [0, 0.05) is 17.3 Å². The van der Waals surface area contributed by atoms with Gasteiger partial charge in [-0.05, 0) is 31.0 Å². The van der Waals surface area contributed by atoms with E-state index in [2.05, 4.69) is 5.10 Å². The van der Waals surface area contributed by atoms with E-state index in [1.54, 1.807) is 16.8 Å². The van der Waals surface area contributed by atoms with Crippen molar-refractivity contribution in [1.82, 2.24) is 9.78 Å². The predicted octanol–water partition coefficient (Wildman–Crippen LogP) is 2.72. The Hall–Kier alpha value is -2.50. The lowest BCUT2D eigenvalue weighted by Gasteiger charge is -2.07. The fraction of sp³-hybridized carbons (Fsp3) is 0.286. The van der Waals surface area contributed by atoms with Crippen LogP contribution >= 0.6 is 0 Å². The third-order valence-corrected chi connectivity index (χ3v) is 3.12. The number of aldehydes is 1. The molecule has 0 radical (unpaired) electrons. The monoisotopic (exact) mass is 273 g/mol. The molecule has 2 rings (SSSR count). The number of carbonyl (C=O) groups excluding carboxylic acids is 1. The normalized spacial score (nSPS) is 10.5. The van der Waals surface area contributed by atoms with Gasteiger partial charge in [-0.1, -0.05) is 13.8 Å². The molecule has 0 unspecified atom stereocenters. The predicted molar refractivity (Wildman–Crippen MR) is 74.4 cm³/mol. The molecule has 0 aliphatic heterocycles. The van der Waals surface area contributed by atoms with Gasteiger partial charge in [-0.2, -0.15) is 5.10 Å². The van der Waals surface area contributed by atoms with Gasteiger partial charge in [-0.3, -0.25) is 14.9 Å². The Bertz CT molecular complexity index is 662. The molecule has 6 nitrogen and oxygen atoms in total. The molecule has 1 aromatic carbocycles. The Labute approximate surface area is 116 Å². The van der Waals surface area contributed by atoms with Crippen molar-refractivity contribution in [2.75, 3.05) is 0 Å². The third kappa shape index (κ3) is 2.45. The van der Waals surface area contributed by atoms with E-state index in [0.717, 1.165) is 24.2 Å². The van der Waals surface area contributed by atoms with Crippen LogP contribution in [0.1, 0.15) is 35.6 Å². The molecule has 6 heteroatoms. The average Bonchev–Trinajstić information content (AvgIpc) is 2.89. The number of rotatable bonds is 5. The maximum absolute atomic E-state index is 11.2. The molecule has 2 aromatic rings. The first kappa shape index (κ1) is 13.9. The molecule has 0 amide bonds. The molecule has 0 fully saturated rings. The van der Waals surface area contributed by atoms with Gasteiger partial charge in [0.05, 0.1) is 10.6 Å². The highest BCUT2D eigenvalue weighted by Gasteiger charge is 2.19. The second kappa shape index (κ2) is 5.64. The highest BCUT2D eigenvalue weighted by atomic mass is 16.6. The summed E-state index contributed by atoms with van der Waals surface area (Å²) in [5.41, 5.74) is 2.34. The highest BCUT2D eigenvalue weighted by molar-refractivity contribution is 5.77. The standard InChI is InChI=1S/C14H15N3O3/c1-3-11-8-12(4-2)16(15-11)13-6-5-10(9-18)7-14(13)17(19)20/h5-9H,3-4H2,1-2H3. The molecule has 1 aromatic heterocycles. The molecule has 0 saturated carbocycles. The lowest BCUT2D eigenvalue weighted by molar-refractivity contribution is -0.384. The smallest absolute Gasteiger partial charge is 0.295 e. The second-order valence-corrected chi connectivity index (χ2v) is 4.37. The van der Waals surface area contributed by atoms with Gasteiger partial charge >= 0.3 is 0 Å². The quantitative estimate of drug-likeness (QED) is 0.476. The van der Waals surface area contributed by atoms with Gasteiger partial charge in [0.25, 0.3) is 5.69 Å². The van der Waals surface area contributed by atoms with Crippen LogP contribution in [0.3, 0.4) is 0 Å². The average molecular weight is 273 g/mol. The Kier molecular flexibility index (Phi) is 3.93. The largest absolute Gasteiger partial charge is 0.298 e. The van der Waals surface area contributed by atoms with Crippen LogP contribution in [0.25, 0.3) is 5.69 Å². The van der Waals surface area contributed by atoms with Crippen LogP contribution in [0.15, 0.2) is 24.3 Å². The third-order valence-electron chi connectivity index (χ3n) is 3.12. The van der Waals surface area contributed by atoms with Crippen LogP contribution in [0.2, 0.25) is 0 Å². The molecule has 20 heavy (non-hydrogen) atoms. The van der Waals surface area contributed by atoms with E-state index in [1.165, 1.54) is 6.07 Å². The SMILES string of the molecule is CCc1cc(CC)n(-c2ccc(C=O)cc2[N+](=O)[O-])n1. The van der Waals surface area contributed by atoms with E-state index in [4.69, 9.17) is 0 Å². The molecule has 1 heterocycles. The highest BCUT2D eigenvalue weighted by Crippen LogP contribution is 2.25. The number of hydrogen-bond acceptors (Lipinski definition) is 4. The molecule has 0 aliphatic rings. The zero-order chi connectivity index (χ0) is 14.7. The summed E-state index contributed by atoms with van der Waals surface area (Å²) in [6.45, 7) is 3.95. The van der Waals surface area contributed by atoms with E-state index in [1.807, 2.05) is 19.9 Å². The summed E-state index contributed by atoms with van der Waals surface area (Å²) >= 11 is 0. The van der Waals surface area contributed by atoms with E-state index >= 15 is 0 Å². The molecule has 0 saturated heterocycles. The van der Waals surface area contributed by atoms with Gasteiger partial charge in [-0.25, -0.2) is 4.68 Å². The first-order valence-corrected chi connectivity index (χ1v) is 6.42. The van der Waals surface area contributed by atoms with Crippen LogP contribution < -0.4 is 0 Å². The number of carbonyl (C=O) groups is 1.